The zero-order valence-electron chi connectivity index (χ0n) is 11.0. The summed E-state index contributed by atoms with van der Waals surface area (Å²) in [5.41, 5.74) is -1.08. The molecule has 0 saturated heterocycles. The Balaban J connectivity index is 2.69. The molecule has 0 radical (unpaired) electrons. The third-order valence-electron chi connectivity index (χ3n) is 2.60. The molecule has 0 bridgehead atoms. The lowest BCUT2D eigenvalue weighted by atomic mass is 10.2. The van der Waals surface area contributed by atoms with E-state index in [9.17, 15) is 18.4 Å². The molecule has 2 amide bonds. The van der Waals surface area contributed by atoms with Crippen LogP contribution in [0, 0.1) is 11.6 Å². The summed E-state index contributed by atoms with van der Waals surface area (Å²) in [6.07, 6.45) is 2.74. The number of hydrogen-bond donors (Lipinski definition) is 3. The molecule has 7 heteroatoms. The second-order valence-electron chi connectivity index (χ2n) is 4.21. The second-order valence-corrected chi connectivity index (χ2v) is 4.21. The van der Waals surface area contributed by atoms with E-state index in [1.54, 1.807) is 0 Å². The third kappa shape index (κ3) is 4.49. The number of amides is 2. The van der Waals surface area contributed by atoms with Crippen molar-refractivity contribution < 1.29 is 23.5 Å². The first-order valence-electron chi connectivity index (χ1n) is 6.23. The number of unbranched alkanes of at least 4 members (excludes halogenated alkanes) is 2. The molecular formula is C13H16F2N2O3. The van der Waals surface area contributed by atoms with Gasteiger partial charge in [-0.25, -0.2) is 18.4 Å². The minimum atomic E-state index is -1.53. The Morgan fingerprint density at radius 1 is 1.20 bits per heavy atom. The molecule has 0 aromatic heterocycles. The molecule has 20 heavy (non-hydrogen) atoms. The van der Waals surface area contributed by atoms with Crippen LogP contribution in [-0.2, 0) is 0 Å². The van der Waals surface area contributed by atoms with Crippen molar-refractivity contribution in [2.75, 3.05) is 11.9 Å². The highest BCUT2D eigenvalue weighted by Crippen LogP contribution is 2.19. The first kappa shape index (κ1) is 15.9. The summed E-state index contributed by atoms with van der Waals surface area (Å²) in [5.74, 6) is -3.76. The van der Waals surface area contributed by atoms with E-state index in [2.05, 4.69) is 10.6 Å². The van der Waals surface area contributed by atoms with Crippen molar-refractivity contribution in [1.29, 1.82) is 0 Å². The maximum Gasteiger partial charge on any atom is 0.338 e. The molecule has 0 aliphatic rings. The molecule has 0 spiro atoms. The average Bonchev–Trinajstić information content (AvgIpc) is 2.37. The summed E-state index contributed by atoms with van der Waals surface area (Å²) in [5, 5.41) is 13.4. The SMILES string of the molecule is CCCCCNC(=O)Nc1cc(C(=O)O)c(F)cc1F. The van der Waals surface area contributed by atoms with Gasteiger partial charge < -0.3 is 15.7 Å². The number of carbonyl (C=O) groups is 2. The predicted molar refractivity (Wildman–Crippen MR) is 69.9 cm³/mol. The van der Waals surface area contributed by atoms with E-state index in [1.165, 1.54) is 0 Å². The Hall–Kier alpha value is -2.18. The predicted octanol–water partition coefficient (Wildman–Crippen LogP) is 2.97. The molecule has 1 rings (SSSR count). The standard InChI is InChI=1S/C13H16F2N2O3/c1-2-3-4-5-16-13(20)17-11-6-8(12(18)19)9(14)7-10(11)15/h6-7H,2-5H2,1H3,(H,18,19)(H2,16,17,20). The number of anilines is 1. The van der Waals surface area contributed by atoms with Crippen LogP contribution in [0.2, 0.25) is 0 Å². The summed E-state index contributed by atoms with van der Waals surface area (Å²) in [4.78, 5) is 22.2. The van der Waals surface area contributed by atoms with E-state index >= 15 is 0 Å². The Morgan fingerprint density at radius 2 is 1.90 bits per heavy atom. The number of nitrogens with one attached hydrogen (secondary N) is 2. The summed E-state index contributed by atoms with van der Waals surface area (Å²) in [6.45, 7) is 2.44. The topological polar surface area (TPSA) is 78.4 Å². The minimum absolute atomic E-state index is 0.378. The van der Waals surface area contributed by atoms with Crippen molar-refractivity contribution >= 4 is 17.7 Å². The van der Waals surface area contributed by atoms with Gasteiger partial charge in [0.1, 0.15) is 11.6 Å². The highest BCUT2D eigenvalue weighted by molar-refractivity contribution is 5.93. The average molecular weight is 286 g/mol. The number of aromatic carboxylic acids is 1. The molecule has 1 aromatic carbocycles. The van der Waals surface area contributed by atoms with E-state index in [4.69, 9.17) is 5.11 Å². The second kappa shape index (κ2) is 7.42. The van der Waals surface area contributed by atoms with E-state index < -0.39 is 29.2 Å². The molecule has 5 nitrogen and oxygen atoms in total. The number of urea groups is 1. The van der Waals surface area contributed by atoms with Gasteiger partial charge in [0.15, 0.2) is 0 Å². The minimum Gasteiger partial charge on any atom is -0.478 e. The van der Waals surface area contributed by atoms with Crippen LogP contribution in [0.15, 0.2) is 12.1 Å². The van der Waals surface area contributed by atoms with Crippen LogP contribution in [-0.4, -0.2) is 23.7 Å². The molecule has 0 fully saturated rings. The summed E-state index contributed by atoms with van der Waals surface area (Å²) in [6, 6.07) is 0.511. The van der Waals surface area contributed by atoms with Crippen LogP contribution in [0.25, 0.3) is 0 Å². The monoisotopic (exact) mass is 286 g/mol. The van der Waals surface area contributed by atoms with Crippen LogP contribution in [0.3, 0.4) is 0 Å². The highest BCUT2D eigenvalue weighted by Gasteiger charge is 2.16. The summed E-state index contributed by atoms with van der Waals surface area (Å²) < 4.78 is 26.6. The van der Waals surface area contributed by atoms with Crippen LogP contribution in [0.1, 0.15) is 36.5 Å². The van der Waals surface area contributed by atoms with Gasteiger partial charge >= 0.3 is 12.0 Å². The number of hydrogen-bond acceptors (Lipinski definition) is 2. The van der Waals surface area contributed by atoms with Gasteiger partial charge in [0.25, 0.3) is 0 Å². The lowest BCUT2D eigenvalue weighted by Gasteiger charge is -2.09. The Bertz CT molecular complexity index is 507. The van der Waals surface area contributed by atoms with Crippen LogP contribution in [0.4, 0.5) is 19.3 Å². The molecule has 0 unspecified atom stereocenters. The van der Waals surface area contributed by atoms with Gasteiger partial charge in [-0.3, -0.25) is 0 Å². The van der Waals surface area contributed by atoms with Gasteiger partial charge in [-0.05, 0) is 12.5 Å². The van der Waals surface area contributed by atoms with Gasteiger partial charge in [0.05, 0.1) is 11.3 Å². The van der Waals surface area contributed by atoms with Gasteiger partial charge in [-0.15, -0.1) is 0 Å². The fourth-order valence-corrected chi connectivity index (χ4v) is 1.55. The van der Waals surface area contributed by atoms with Gasteiger partial charge in [0, 0.05) is 12.6 Å². The molecule has 0 aliphatic carbocycles. The normalized spacial score (nSPS) is 10.2. The first-order chi connectivity index (χ1) is 9.45. The largest absolute Gasteiger partial charge is 0.478 e. The molecular weight excluding hydrogens is 270 g/mol. The Labute approximate surface area is 115 Å². The van der Waals surface area contributed by atoms with Gasteiger partial charge in [-0.2, -0.15) is 0 Å². The number of carboxylic acids is 1. The fourth-order valence-electron chi connectivity index (χ4n) is 1.55. The van der Waals surface area contributed by atoms with Crippen LogP contribution in [0.5, 0.6) is 0 Å². The molecule has 110 valence electrons. The highest BCUT2D eigenvalue weighted by atomic mass is 19.1. The number of carboxylic acid groups (broad SMARTS) is 1. The maximum absolute atomic E-state index is 13.4. The van der Waals surface area contributed by atoms with Crippen molar-refractivity contribution in [2.24, 2.45) is 0 Å². The van der Waals surface area contributed by atoms with Crippen molar-refractivity contribution in [1.82, 2.24) is 5.32 Å². The summed E-state index contributed by atoms with van der Waals surface area (Å²) >= 11 is 0. The lowest BCUT2D eigenvalue weighted by Crippen LogP contribution is -2.30. The number of benzene rings is 1. The van der Waals surface area contributed by atoms with Crippen molar-refractivity contribution in [3.05, 3.63) is 29.3 Å². The molecule has 0 atom stereocenters. The molecule has 1 aromatic rings. The number of halogens is 2. The zero-order chi connectivity index (χ0) is 15.1. The van der Waals surface area contributed by atoms with Crippen LogP contribution >= 0.6 is 0 Å². The van der Waals surface area contributed by atoms with E-state index in [-0.39, 0.29) is 5.69 Å². The van der Waals surface area contributed by atoms with Crippen molar-refractivity contribution in [3.8, 4) is 0 Å². The summed E-state index contributed by atoms with van der Waals surface area (Å²) in [7, 11) is 0. The zero-order valence-corrected chi connectivity index (χ0v) is 11.0. The van der Waals surface area contributed by atoms with E-state index in [0.717, 1.165) is 25.3 Å². The Kier molecular flexibility index (Phi) is 5.89. The third-order valence-corrected chi connectivity index (χ3v) is 2.60. The fraction of sp³-hybridized carbons (Fsp3) is 0.385. The van der Waals surface area contributed by atoms with E-state index in [0.29, 0.717) is 12.6 Å². The molecule has 3 N–H and O–H groups in total. The van der Waals surface area contributed by atoms with Crippen molar-refractivity contribution in [3.63, 3.8) is 0 Å². The lowest BCUT2D eigenvalue weighted by molar-refractivity contribution is 0.0692. The maximum atomic E-state index is 13.4. The first-order valence-corrected chi connectivity index (χ1v) is 6.23. The van der Waals surface area contributed by atoms with E-state index in [1.807, 2.05) is 6.92 Å². The smallest absolute Gasteiger partial charge is 0.338 e. The molecule has 0 saturated carbocycles. The molecule has 0 heterocycles. The number of carbonyl (C=O) groups excluding carboxylic acids is 1. The molecule has 0 aliphatic heterocycles. The Morgan fingerprint density at radius 3 is 2.50 bits per heavy atom. The number of rotatable bonds is 6. The van der Waals surface area contributed by atoms with Gasteiger partial charge in [0.2, 0.25) is 0 Å². The van der Waals surface area contributed by atoms with Gasteiger partial charge in [-0.1, -0.05) is 19.8 Å². The van der Waals surface area contributed by atoms with Crippen molar-refractivity contribution in [2.45, 2.75) is 26.2 Å². The van der Waals surface area contributed by atoms with Crippen LogP contribution < -0.4 is 10.6 Å². The quantitative estimate of drug-likeness (QED) is 0.703.